The summed E-state index contributed by atoms with van der Waals surface area (Å²) in [6, 6.07) is 7.11. The van der Waals surface area contributed by atoms with Crippen LogP contribution in [0.1, 0.15) is 30.6 Å². The number of nitrogens with zero attached hydrogens (tertiary/aromatic N) is 1. The molecular formula is C16H20N2O. The molecular weight excluding hydrogens is 236 g/mol. The first-order valence-electron chi connectivity index (χ1n) is 7.34. The lowest BCUT2D eigenvalue weighted by atomic mass is 9.86. The summed E-state index contributed by atoms with van der Waals surface area (Å²) in [5, 5.41) is 5.06. The summed E-state index contributed by atoms with van der Waals surface area (Å²) in [5.74, 6) is 0. The number of hydrogen-bond donors (Lipinski definition) is 1. The molecule has 1 saturated heterocycles. The minimum Gasteiger partial charge on any atom is -0.371 e. The molecule has 0 saturated carbocycles. The monoisotopic (exact) mass is 256 g/mol. The molecule has 4 rings (SSSR count). The van der Waals surface area contributed by atoms with E-state index < -0.39 is 0 Å². The predicted octanol–water partition coefficient (Wildman–Crippen LogP) is 2.64. The molecule has 19 heavy (non-hydrogen) atoms. The Hall–Kier alpha value is -1.32. The molecule has 0 amide bonds. The van der Waals surface area contributed by atoms with Crippen LogP contribution in [0.2, 0.25) is 0 Å². The van der Waals surface area contributed by atoms with E-state index >= 15 is 0 Å². The van der Waals surface area contributed by atoms with Crippen molar-refractivity contribution in [1.29, 1.82) is 0 Å². The van der Waals surface area contributed by atoms with Gasteiger partial charge < -0.3 is 14.6 Å². The molecule has 1 fully saturated rings. The van der Waals surface area contributed by atoms with Crippen LogP contribution in [0.3, 0.4) is 0 Å². The number of aromatic nitrogens is 1. The van der Waals surface area contributed by atoms with Gasteiger partial charge in [0.2, 0.25) is 0 Å². The summed E-state index contributed by atoms with van der Waals surface area (Å²) < 4.78 is 8.43. The molecule has 1 N–H and O–H groups in total. The second-order valence-electron chi connectivity index (χ2n) is 5.65. The Kier molecular flexibility index (Phi) is 2.64. The first kappa shape index (κ1) is 11.5. The molecule has 0 unspecified atom stereocenters. The molecule has 2 heterocycles. The maximum absolute atomic E-state index is 6.03. The van der Waals surface area contributed by atoms with Crippen LogP contribution in [0.4, 0.5) is 0 Å². The average Bonchev–Trinajstić information content (AvgIpc) is 2.79. The Labute approximate surface area is 113 Å². The third-order valence-corrected chi connectivity index (χ3v) is 4.40. The minimum atomic E-state index is 0.238. The SMILES string of the molecule is CCCn1cc2c3c(cccc31)[C@H]1OCCN[C@@H]1C2. The van der Waals surface area contributed by atoms with E-state index in [2.05, 4.69) is 41.2 Å². The fourth-order valence-corrected chi connectivity index (χ4v) is 3.66. The zero-order valence-corrected chi connectivity index (χ0v) is 11.4. The van der Waals surface area contributed by atoms with Crippen molar-refractivity contribution in [3.63, 3.8) is 0 Å². The lowest BCUT2D eigenvalue weighted by Crippen LogP contribution is -2.46. The number of aryl methyl sites for hydroxylation is 1. The maximum Gasteiger partial charge on any atom is 0.0988 e. The smallest absolute Gasteiger partial charge is 0.0988 e. The summed E-state index contributed by atoms with van der Waals surface area (Å²) in [6.45, 7) is 5.13. The standard InChI is InChI=1S/C16H20N2O/c1-2-7-18-10-11-9-13-16(19-8-6-17-13)12-4-3-5-14(18)15(11)12/h3-5,10,13,16-17H,2,6-9H2,1H3/t13-,16-/m1/s1. The van der Waals surface area contributed by atoms with Crippen LogP contribution in [0.25, 0.3) is 10.9 Å². The van der Waals surface area contributed by atoms with Crippen molar-refractivity contribution >= 4 is 10.9 Å². The Balaban J connectivity index is 1.91. The van der Waals surface area contributed by atoms with E-state index in [4.69, 9.17) is 4.74 Å². The third-order valence-electron chi connectivity index (χ3n) is 4.40. The van der Waals surface area contributed by atoms with Crippen molar-refractivity contribution < 1.29 is 4.74 Å². The third kappa shape index (κ3) is 1.65. The normalized spacial score (nSPS) is 25.5. The highest BCUT2D eigenvalue weighted by atomic mass is 16.5. The van der Waals surface area contributed by atoms with Crippen molar-refractivity contribution in [3.8, 4) is 0 Å². The molecule has 2 aliphatic rings. The van der Waals surface area contributed by atoms with Crippen molar-refractivity contribution in [2.24, 2.45) is 0 Å². The van der Waals surface area contributed by atoms with Crippen LogP contribution < -0.4 is 5.32 Å². The van der Waals surface area contributed by atoms with Crippen molar-refractivity contribution in [2.75, 3.05) is 13.2 Å². The van der Waals surface area contributed by atoms with Gasteiger partial charge >= 0.3 is 0 Å². The number of rotatable bonds is 2. The largest absolute Gasteiger partial charge is 0.371 e. The summed E-state index contributed by atoms with van der Waals surface area (Å²) in [7, 11) is 0. The number of benzene rings is 1. The van der Waals surface area contributed by atoms with E-state index in [1.54, 1.807) is 0 Å². The molecule has 1 aromatic carbocycles. The zero-order chi connectivity index (χ0) is 12.8. The highest BCUT2D eigenvalue weighted by molar-refractivity contribution is 5.89. The first-order valence-corrected chi connectivity index (χ1v) is 7.34. The zero-order valence-electron chi connectivity index (χ0n) is 11.4. The van der Waals surface area contributed by atoms with E-state index in [1.807, 2.05) is 0 Å². The van der Waals surface area contributed by atoms with Gasteiger partial charge in [-0.2, -0.15) is 0 Å². The van der Waals surface area contributed by atoms with E-state index in [0.717, 1.165) is 26.1 Å². The van der Waals surface area contributed by atoms with Gasteiger partial charge in [-0.05, 0) is 30.0 Å². The van der Waals surface area contributed by atoms with Gasteiger partial charge in [-0.25, -0.2) is 0 Å². The van der Waals surface area contributed by atoms with Gasteiger partial charge in [0.05, 0.1) is 12.7 Å². The fraction of sp³-hybridized carbons (Fsp3) is 0.500. The first-order chi connectivity index (χ1) is 9.38. The van der Waals surface area contributed by atoms with E-state index in [0.29, 0.717) is 6.04 Å². The lowest BCUT2D eigenvalue weighted by Gasteiger charge is -2.36. The quantitative estimate of drug-likeness (QED) is 0.894. The molecule has 1 aromatic heterocycles. The number of morpholine rings is 1. The highest BCUT2D eigenvalue weighted by Crippen LogP contribution is 2.39. The van der Waals surface area contributed by atoms with Crippen LogP contribution >= 0.6 is 0 Å². The summed E-state index contributed by atoms with van der Waals surface area (Å²) in [6.07, 6.45) is 4.86. The second-order valence-corrected chi connectivity index (χ2v) is 5.65. The van der Waals surface area contributed by atoms with Gasteiger partial charge in [0.1, 0.15) is 0 Å². The van der Waals surface area contributed by atoms with Gasteiger partial charge in [-0.3, -0.25) is 0 Å². The molecule has 0 spiro atoms. The molecule has 3 heteroatoms. The Bertz CT molecular complexity index is 616. The summed E-state index contributed by atoms with van der Waals surface area (Å²) in [4.78, 5) is 0. The topological polar surface area (TPSA) is 26.2 Å². The molecule has 1 aliphatic carbocycles. The van der Waals surface area contributed by atoms with E-state index in [9.17, 15) is 0 Å². The van der Waals surface area contributed by atoms with Gasteiger partial charge in [0, 0.05) is 36.2 Å². The molecule has 2 aromatic rings. The lowest BCUT2D eigenvalue weighted by molar-refractivity contribution is -0.00621. The minimum absolute atomic E-state index is 0.238. The molecule has 3 nitrogen and oxygen atoms in total. The number of ether oxygens (including phenoxy) is 1. The second kappa shape index (κ2) is 4.36. The van der Waals surface area contributed by atoms with Gasteiger partial charge in [-0.1, -0.05) is 19.1 Å². The fourth-order valence-electron chi connectivity index (χ4n) is 3.66. The van der Waals surface area contributed by atoms with Crippen LogP contribution in [-0.4, -0.2) is 23.8 Å². The molecule has 1 aliphatic heterocycles. The van der Waals surface area contributed by atoms with Crippen LogP contribution in [0.15, 0.2) is 24.4 Å². The summed E-state index contributed by atoms with van der Waals surface area (Å²) >= 11 is 0. The van der Waals surface area contributed by atoms with Crippen LogP contribution in [-0.2, 0) is 17.7 Å². The van der Waals surface area contributed by atoms with E-state index in [1.165, 1.54) is 28.5 Å². The molecule has 100 valence electrons. The van der Waals surface area contributed by atoms with Crippen LogP contribution in [0, 0.1) is 0 Å². The summed E-state index contributed by atoms with van der Waals surface area (Å²) in [5.41, 5.74) is 4.24. The van der Waals surface area contributed by atoms with Gasteiger partial charge in [-0.15, -0.1) is 0 Å². The average molecular weight is 256 g/mol. The highest BCUT2D eigenvalue weighted by Gasteiger charge is 2.34. The Morgan fingerprint density at radius 1 is 1.42 bits per heavy atom. The van der Waals surface area contributed by atoms with Crippen molar-refractivity contribution in [3.05, 3.63) is 35.5 Å². The molecule has 0 radical (unpaired) electrons. The number of hydrogen-bond acceptors (Lipinski definition) is 2. The van der Waals surface area contributed by atoms with Crippen LogP contribution in [0.5, 0.6) is 0 Å². The number of nitrogens with one attached hydrogen (secondary N) is 1. The van der Waals surface area contributed by atoms with Gasteiger partial charge in [0.15, 0.2) is 0 Å². The van der Waals surface area contributed by atoms with E-state index in [-0.39, 0.29) is 6.10 Å². The molecule has 0 bridgehead atoms. The number of fused-ring (bicyclic) bond motifs is 2. The maximum atomic E-state index is 6.03. The van der Waals surface area contributed by atoms with Gasteiger partial charge in [0.25, 0.3) is 0 Å². The predicted molar refractivity (Wildman–Crippen MR) is 76.4 cm³/mol. The van der Waals surface area contributed by atoms with Crippen molar-refractivity contribution in [2.45, 2.75) is 38.5 Å². The Morgan fingerprint density at radius 2 is 2.37 bits per heavy atom. The Morgan fingerprint density at radius 3 is 3.26 bits per heavy atom. The van der Waals surface area contributed by atoms with Crippen molar-refractivity contribution in [1.82, 2.24) is 9.88 Å². The molecule has 2 atom stereocenters.